The first-order valence-corrected chi connectivity index (χ1v) is 6.56. The van der Waals surface area contributed by atoms with Crippen LogP contribution in [0, 0.1) is 6.92 Å². The first-order chi connectivity index (χ1) is 10.1. The van der Waals surface area contributed by atoms with Crippen molar-refractivity contribution in [3.63, 3.8) is 0 Å². The molecule has 0 aliphatic carbocycles. The van der Waals surface area contributed by atoms with Crippen LogP contribution in [0.25, 0.3) is 10.9 Å². The Labute approximate surface area is 120 Å². The Hall–Kier alpha value is -2.83. The van der Waals surface area contributed by atoms with Crippen molar-refractivity contribution < 1.29 is 4.79 Å². The molecule has 3 rings (SSSR count). The fourth-order valence-electron chi connectivity index (χ4n) is 2.19. The van der Waals surface area contributed by atoms with Crippen LogP contribution in [0.4, 0.5) is 0 Å². The minimum absolute atomic E-state index is 0.186. The fourth-order valence-corrected chi connectivity index (χ4v) is 2.19. The monoisotopic (exact) mass is 282 g/mol. The molecule has 0 aliphatic heterocycles. The molecule has 0 fully saturated rings. The molecule has 0 radical (unpaired) electrons. The second-order valence-corrected chi connectivity index (χ2v) is 4.79. The van der Waals surface area contributed by atoms with Crippen molar-refractivity contribution in [2.45, 2.75) is 19.9 Å². The third-order valence-electron chi connectivity index (χ3n) is 3.19. The molecule has 0 saturated heterocycles. The lowest BCUT2D eigenvalue weighted by atomic mass is 10.1. The van der Waals surface area contributed by atoms with Crippen molar-refractivity contribution in [2.75, 3.05) is 0 Å². The van der Waals surface area contributed by atoms with Gasteiger partial charge in [0.25, 0.3) is 5.91 Å². The molecule has 7 nitrogen and oxygen atoms in total. The molecule has 3 aromatic rings. The Morgan fingerprint density at radius 1 is 1.33 bits per heavy atom. The van der Waals surface area contributed by atoms with Crippen LogP contribution in [-0.2, 0) is 0 Å². The third-order valence-corrected chi connectivity index (χ3v) is 3.19. The number of nitrogens with one attached hydrogen (secondary N) is 2. The van der Waals surface area contributed by atoms with Gasteiger partial charge < -0.3 is 5.32 Å². The topological polar surface area (TPSA) is 96.5 Å². The van der Waals surface area contributed by atoms with Crippen LogP contribution in [0.2, 0.25) is 0 Å². The summed E-state index contributed by atoms with van der Waals surface area (Å²) in [6, 6.07) is 9.01. The predicted molar refractivity (Wildman–Crippen MR) is 76.5 cm³/mol. The molecule has 1 atom stereocenters. The Balaban J connectivity index is 1.94. The highest BCUT2D eigenvalue weighted by atomic mass is 16.1. The number of fused-ring (bicyclic) bond motifs is 1. The zero-order valence-corrected chi connectivity index (χ0v) is 11.7. The zero-order valence-electron chi connectivity index (χ0n) is 11.7. The number of aryl methyl sites for hydroxylation is 1. The van der Waals surface area contributed by atoms with Crippen molar-refractivity contribution >= 4 is 16.8 Å². The van der Waals surface area contributed by atoms with Gasteiger partial charge in [-0.2, -0.15) is 5.21 Å². The summed E-state index contributed by atoms with van der Waals surface area (Å²) in [4.78, 5) is 16.9. The van der Waals surface area contributed by atoms with Gasteiger partial charge in [-0.05, 0) is 26.0 Å². The number of amides is 1. The van der Waals surface area contributed by atoms with E-state index in [1.807, 2.05) is 31.2 Å². The van der Waals surface area contributed by atoms with Crippen LogP contribution < -0.4 is 5.32 Å². The highest BCUT2D eigenvalue weighted by Crippen LogP contribution is 2.19. The minimum Gasteiger partial charge on any atom is -0.342 e. The van der Waals surface area contributed by atoms with Crippen LogP contribution >= 0.6 is 0 Å². The van der Waals surface area contributed by atoms with Crippen molar-refractivity contribution in [3.8, 4) is 0 Å². The summed E-state index contributed by atoms with van der Waals surface area (Å²) in [6.45, 7) is 3.67. The summed E-state index contributed by atoms with van der Waals surface area (Å²) in [6.07, 6.45) is 0. The van der Waals surface area contributed by atoms with E-state index in [-0.39, 0.29) is 11.9 Å². The Bertz CT molecular complexity index is 783. The van der Waals surface area contributed by atoms with Crippen LogP contribution in [0.3, 0.4) is 0 Å². The molecule has 2 aromatic heterocycles. The number of pyridine rings is 1. The number of rotatable bonds is 3. The van der Waals surface area contributed by atoms with E-state index in [9.17, 15) is 4.79 Å². The number of aromatic nitrogens is 5. The largest absolute Gasteiger partial charge is 0.342 e. The van der Waals surface area contributed by atoms with Gasteiger partial charge in [0.15, 0.2) is 5.82 Å². The summed E-state index contributed by atoms with van der Waals surface area (Å²) >= 11 is 0. The van der Waals surface area contributed by atoms with Crippen LogP contribution in [0.15, 0.2) is 30.3 Å². The highest BCUT2D eigenvalue weighted by Gasteiger charge is 2.17. The lowest BCUT2D eigenvalue weighted by Gasteiger charge is -2.12. The zero-order chi connectivity index (χ0) is 14.8. The molecule has 0 aliphatic rings. The SMILES string of the molecule is Cc1cc(C(=O)NC(C)c2nn[nH]n2)c2ccccc2n1. The first-order valence-electron chi connectivity index (χ1n) is 6.56. The smallest absolute Gasteiger partial charge is 0.252 e. The maximum Gasteiger partial charge on any atom is 0.252 e. The quantitative estimate of drug-likeness (QED) is 0.759. The summed E-state index contributed by atoms with van der Waals surface area (Å²) in [7, 11) is 0. The molecule has 21 heavy (non-hydrogen) atoms. The fraction of sp³-hybridized carbons (Fsp3) is 0.214. The molecular weight excluding hydrogens is 268 g/mol. The number of aromatic amines is 1. The maximum absolute atomic E-state index is 12.5. The molecule has 2 N–H and O–H groups in total. The molecule has 106 valence electrons. The van der Waals surface area contributed by atoms with Crippen molar-refractivity contribution in [3.05, 3.63) is 47.4 Å². The van der Waals surface area contributed by atoms with E-state index >= 15 is 0 Å². The Morgan fingerprint density at radius 3 is 2.90 bits per heavy atom. The van der Waals surface area contributed by atoms with E-state index in [1.165, 1.54) is 0 Å². The number of tetrazole rings is 1. The van der Waals surface area contributed by atoms with Crippen molar-refractivity contribution in [1.29, 1.82) is 0 Å². The summed E-state index contributed by atoms with van der Waals surface area (Å²) in [5.41, 5.74) is 2.19. The first kappa shape index (κ1) is 13.2. The summed E-state index contributed by atoms with van der Waals surface area (Å²) < 4.78 is 0. The van der Waals surface area contributed by atoms with Gasteiger partial charge in [-0.25, -0.2) is 0 Å². The lowest BCUT2D eigenvalue weighted by molar-refractivity contribution is 0.0940. The Kier molecular flexibility index (Phi) is 3.31. The molecule has 7 heteroatoms. The highest BCUT2D eigenvalue weighted by molar-refractivity contribution is 6.06. The molecule has 0 bridgehead atoms. The number of H-pyrrole nitrogens is 1. The molecule has 1 unspecified atom stereocenters. The molecule has 0 spiro atoms. The van der Waals surface area contributed by atoms with Gasteiger partial charge in [-0.1, -0.05) is 23.4 Å². The second kappa shape index (κ2) is 5.28. The standard InChI is InChI=1S/C14H14N6O/c1-8-7-11(10-5-3-4-6-12(10)15-8)14(21)16-9(2)13-17-19-20-18-13/h3-7,9H,1-2H3,(H,16,21)(H,17,18,19,20). The van der Waals surface area contributed by atoms with E-state index in [0.29, 0.717) is 11.4 Å². The normalized spacial score (nSPS) is 12.3. The van der Waals surface area contributed by atoms with Crippen molar-refractivity contribution in [1.82, 2.24) is 30.9 Å². The van der Waals surface area contributed by atoms with Crippen LogP contribution in [0.5, 0.6) is 0 Å². The number of carbonyl (C=O) groups excluding carboxylic acids is 1. The van der Waals surface area contributed by atoms with Gasteiger partial charge in [0, 0.05) is 11.1 Å². The summed E-state index contributed by atoms with van der Waals surface area (Å²) in [5, 5.41) is 17.3. The Morgan fingerprint density at radius 2 is 2.14 bits per heavy atom. The second-order valence-electron chi connectivity index (χ2n) is 4.79. The predicted octanol–water partition coefficient (Wildman–Crippen LogP) is 1.55. The van der Waals surface area contributed by atoms with E-state index in [0.717, 1.165) is 16.6 Å². The van der Waals surface area contributed by atoms with Crippen LogP contribution in [0.1, 0.15) is 34.8 Å². The van der Waals surface area contributed by atoms with Gasteiger partial charge in [-0.15, -0.1) is 10.2 Å². The van der Waals surface area contributed by atoms with E-state index in [4.69, 9.17) is 0 Å². The molecular formula is C14H14N6O. The van der Waals surface area contributed by atoms with Gasteiger partial charge in [0.2, 0.25) is 0 Å². The van der Waals surface area contributed by atoms with E-state index in [2.05, 4.69) is 30.9 Å². The van der Waals surface area contributed by atoms with Crippen LogP contribution in [-0.4, -0.2) is 31.5 Å². The van der Waals surface area contributed by atoms with Gasteiger partial charge in [0.05, 0.1) is 17.1 Å². The molecule has 2 heterocycles. The lowest BCUT2D eigenvalue weighted by Crippen LogP contribution is -2.27. The number of hydrogen-bond acceptors (Lipinski definition) is 5. The average Bonchev–Trinajstić information content (AvgIpc) is 3.00. The number of nitrogens with zero attached hydrogens (tertiary/aromatic N) is 4. The number of carbonyl (C=O) groups is 1. The average molecular weight is 282 g/mol. The summed E-state index contributed by atoms with van der Waals surface area (Å²) in [5.74, 6) is 0.257. The number of benzene rings is 1. The van der Waals surface area contributed by atoms with Gasteiger partial charge >= 0.3 is 0 Å². The van der Waals surface area contributed by atoms with E-state index < -0.39 is 0 Å². The number of hydrogen-bond donors (Lipinski definition) is 2. The minimum atomic E-state index is -0.330. The third kappa shape index (κ3) is 2.58. The molecule has 1 amide bonds. The van der Waals surface area contributed by atoms with Gasteiger partial charge in [-0.3, -0.25) is 9.78 Å². The molecule has 1 aromatic carbocycles. The maximum atomic E-state index is 12.5. The van der Waals surface area contributed by atoms with Crippen molar-refractivity contribution in [2.24, 2.45) is 0 Å². The number of para-hydroxylation sites is 1. The van der Waals surface area contributed by atoms with E-state index in [1.54, 1.807) is 13.0 Å². The van der Waals surface area contributed by atoms with Gasteiger partial charge in [0.1, 0.15) is 0 Å². The molecule has 0 saturated carbocycles.